The van der Waals surface area contributed by atoms with Crippen molar-refractivity contribution >= 4 is 11.9 Å². The van der Waals surface area contributed by atoms with Gasteiger partial charge in [-0.1, -0.05) is 334 Å². The molecule has 0 aliphatic rings. The van der Waals surface area contributed by atoms with Crippen LogP contribution < -0.4 is 5.32 Å². The molecule has 3 N–H and O–H groups in total. The van der Waals surface area contributed by atoms with Crippen LogP contribution in [0.15, 0.2) is 12.2 Å². The second kappa shape index (κ2) is 61.1. The number of carbonyl (C=O) groups excluding carboxylic acids is 2. The number of nitrogens with one attached hydrogen (secondary N) is 1. The summed E-state index contributed by atoms with van der Waals surface area (Å²) < 4.78 is 5.50. The molecule has 6 heteroatoms. The lowest BCUT2D eigenvalue weighted by Gasteiger charge is -2.20. The van der Waals surface area contributed by atoms with Gasteiger partial charge in [0.15, 0.2) is 0 Å². The van der Waals surface area contributed by atoms with E-state index in [9.17, 15) is 19.8 Å². The Hall–Kier alpha value is -1.40. The maximum absolute atomic E-state index is 12.5. The topological polar surface area (TPSA) is 95.9 Å². The molecule has 0 heterocycles. The van der Waals surface area contributed by atoms with Crippen LogP contribution in [-0.4, -0.2) is 47.4 Å². The van der Waals surface area contributed by atoms with Gasteiger partial charge in [-0.2, -0.15) is 0 Å². The molecule has 422 valence electrons. The maximum Gasteiger partial charge on any atom is 0.305 e. The lowest BCUT2D eigenvalue weighted by molar-refractivity contribution is -0.143. The molecule has 0 aromatic carbocycles. The van der Waals surface area contributed by atoms with Crippen molar-refractivity contribution in [1.29, 1.82) is 0 Å². The molecule has 0 spiro atoms. The standard InChI is InChI=1S/C65H127NO5/c1-3-5-7-9-11-13-15-17-30-35-39-43-47-51-55-59-65(70)71-60-56-52-48-44-40-36-32-29-27-25-23-21-19-20-22-24-26-28-31-34-38-42-46-50-54-58-64(69)66-62(61-67)63(68)57-53-49-45-41-37-33-18-16-14-12-10-8-6-4-2/h53,57,62-63,67-68H,3-52,54-56,58-61H2,1-2H3,(H,66,69)/b57-53+. The molecule has 0 aliphatic heterocycles. The van der Waals surface area contributed by atoms with Gasteiger partial charge < -0.3 is 20.3 Å². The number of hydrogen-bond donors (Lipinski definition) is 3. The van der Waals surface area contributed by atoms with Gasteiger partial charge in [0.25, 0.3) is 0 Å². The molecule has 0 radical (unpaired) electrons. The van der Waals surface area contributed by atoms with Crippen molar-refractivity contribution < 1.29 is 24.5 Å². The molecule has 0 bridgehead atoms. The van der Waals surface area contributed by atoms with Crippen LogP contribution in [0.25, 0.3) is 0 Å². The number of aliphatic hydroxyl groups is 2. The zero-order valence-corrected chi connectivity index (χ0v) is 48.2. The van der Waals surface area contributed by atoms with E-state index < -0.39 is 12.1 Å². The van der Waals surface area contributed by atoms with Gasteiger partial charge in [-0.15, -0.1) is 0 Å². The van der Waals surface area contributed by atoms with Gasteiger partial charge in [0, 0.05) is 12.8 Å². The number of esters is 1. The van der Waals surface area contributed by atoms with E-state index in [0.717, 1.165) is 38.5 Å². The Labute approximate surface area is 444 Å². The Balaban J connectivity index is 3.35. The van der Waals surface area contributed by atoms with Gasteiger partial charge in [-0.3, -0.25) is 9.59 Å². The van der Waals surface area contributed by atoms with E-state index in [1.165, 1.54) is 302 Å². The second-order valence-corrected chi connectivity index (χ2v) is 22.5. The van der Waals surface area contributed by atoms with Crippen LogP contribution in [0.1, 0.15) is 367 Å². The lowest BCUT2D eigenvalue weighted by Crippen LogP contribution is -2.45. The highest BCUT2D eigenvalue weighted by atomic mass is 16.5. The Morgan fingerprint density at radius 2 is 0.648 bits per heavy atom. The van der Waals surface area contributed by atoms with Gasteiger partial charge >= 0.3 is 5.97 Å². The van der Waals surface area contributed by atoms with Gasteiger partial charge in [0.1, 0.15) is 0 Å². The summed E-state index contributed by atoms with van der Waals surface area (Å²) in [5, 5.41) is 23.1. The van der Waals surface area contributed by atoms with Crippen LogP contribution in [0, 0.1) is 0 Å². The van der Waals surface area contributed by atoms with Crippen molar-refractivity contribution in [2.75, 3.05) is 13.2 Å². The highest BCUT2D eigenvalue weighted by molar-refractivity contribution is 5.76. The first kappa shape index (κ1) is 69.6. The molecule has 0 rings (SSSR count). The summed E-state index contributed by atoms with van der Waals surface area (Å²) in [6.07, 6.45) is 74.1. The molecule has 0 saturated heterocycles. The fourth-order valence-electron chi connectivity index (χ4n) is 10.3. The number of hydrogen-bond acceptors (Lipinski definition) is 5. The van der Waals surface area contributed by atoms with E-state index >= 15 is 0 Å². The predicted octanol–water partition coefficient (Wildman–Crippen LogP) is 20.4. The minimum absolute atomic E-state index is 0.0195. The van der Waals surface area contributed by atoms with E-state index in [0.29, 0.717) is 19.4 Å². The van der Waals surface area contributed by atoms with Gasteiger partial charge in [0.05, 0.1) is 25.4 Å². The maximum atomic E-state index is 12.5. The fourth-order valence-corrected chi connectivity index (χ4v) is 10.3. The first-order chi connectivity index (χ1) is 35.0. The van der Waals surface area contributed by atoms with Crippen LogP contribution >= 0.6 is 0 Å². The van der Waals surface area contributed by atoms with Crippen LogP contribution in [0.5, 0.6) is 0 Å². The van der Waals surface area contributed by atoms with Crippen molar-refractivity contribution in [1.82, 2.24) is 5.32 Å². The zero-order chi connectivity index (χ0) is 51.4. The lowest BCUT2D eigenvalue weighted by atomic mass is 10.0. The monoisotopic (exact) mass is 1000 g/mol. The van der Waals surface area contributed by atoms with Gasteiger partial charge in [0.2, 0.25) is 5.91 Å². The average molecular weight is 1000 g/mol. The predicted molar refractivity (Wildman–Crippen MR) is 310 cm³/mol. The second-order valence-electron chi connectivity index (χ2n) is 22.5. The third-order valence-electron chi connectivity index (χ3n) is 15.3. The Bertz CT molecular complexity index is 1060. The number of amides is 1. The Morgan fingerprint density at radius 1 is 0.380 bits per heavy atom. The number of unbranched alkanes of at least 4 members (excludes halogenated alkanes) is 50. The summed E-state index contributed by atoms with van der Waals surface area (Å²) in [6, 6.07) is -0.625. The first-order valence-electron chi connectivity index (χ1n) is 32.5. The smallest absolute Gasteiger partial charge is 0.305 e. The number of carbonyl (C=O) groups is 2. The zero-order valence-electron chi connectivity index (χ0n) is 48.2. The SMILES string of the molecule is CCCCCCCCCCCCCC/C=C/C(O)C(CO)NC(=O)CCCCCCCCCCCCCCCCCCCCCCCCCCCOC(=O)CCCCCCCCCCCCCCCCC. The van der Waals surface area contributed by atoms with Crippen molar-refractivity contribution in [3.63, 3.8) is 0 Å². The first-order valence-corrected chi connectivity index (χ1v) is 32.5. The van der Waals surface area contributed by atoms with E-state index in [1.807, 2.05) is 6.08 Å². The summed E-state index contributed by atoms with van der Waals surface area (Å²) in [5.74, 6) is -0.0446. The van der Waals surface area contributed by atoms with E-state index in [4.69, 9.17) is 4.74 Å². The number of ether oxygens (including phenoxy) is 1. The molecule has 1 amide bonds. The molecular formula is C65H127NO5. The van der Waals surface area contributed by atoms with Crippen LogP contribution in [0.3, 0.4) is 0 Å². The van der Waals surface area contributed by atoms with Crippen molar-refractivity contribution in [2.24, 2.45) is 0 Å². The van der Waals surface area contributed by atoms with Crippen LogP contribution in [-0.2, 0) is 14.3 Å². The Kier molecular flexibility index (Phi) is 59.9. The average Bonchev–Trinajstić information content (AvgIpc) is 3.37. The van der Waals surface area contributed by atoms with Crippen molar-refractivity contribution in [3.05, 3.63) is 12.2 Å². The molecule has 0 aromatic rings. The Morgan fingerprint density at radius 3 is 0.958 bits per heavy atom. The number of allylic oxidation sites excluding steroid dienone is 1. The van der Waals surface area contributed by atoms with Crippen molar-refractivity contribution in [2.45, 2.75) is 379 Å². The largest absolute Gasteiger partial charge is 0.466 e. The van der Waals surface area contributed by atoms with E-state index in [2.05, 4.69) is 19.2 Å². The van der Waals surface area contributed by atoms with Gasteiger partial charge in [-0.25, -0.2) is 0 Å². The molecule has 2 unspecified atom stereocenters. The van der Waals surface area contributed by atoms with Gasteiger partial charge in [-0.05, 0) is 32.1 Å². The quantitative estimate of drug-likeness (QED) is 0.0320. The van der Waals surface area contributed by atoms with Crippen molar-refractivity contribution in [3.8, 4) is 0 Å². The minimum Gasteiger partial charge on any atom is -0.466 e. The summed E-state index contributed by atoms with van der Waals surface area (Å²) in [5.41, 5.74) is 0. The summed E-state index contributed by atoms with van der Waals surface area (Å²) in [4.78, 5) is 24.5. The van der Waals surface area contributed by atoms with E-state index in [1.54, 1.807) is 6.08 Å². The number of aliphatic hydroxyl groups excluding tert-OH is 2. The third kappa shape index (κ3) is 57.7. The van der Waals surface area contributed by atoms with Crippen LogP contribution in [0.2, 0.25) is 0 Å². The fraction of sp³-hybridized carbons (Fsp3) is 0.938. The molecule has 0 saturated carbocycles. The molecular weight excluding hydrogens is 875 g/mol. The third-order valence-corrected chi connectivity index (χ3v) is 15.3. The number of rotatable bonds is 61. The normalized spacial score (nSPS) is 12.6. The molecule has 6 nitrogen and oxygen atoms in total. The molecule has 0 aliphatic carbocycles. The molecule has 0 aromatic heterocycles. The molecule has 0 fully saturated rings. The minimum atomic E-state index is -0.842. The highest BCUT2D eigenvalue weighted by Crippen LogP contribution is 2.18. The summed E-state index contributed by atoms with van der Waals surface area (Å²) in [6.45, 7) is 4.93. The van der Waals surface area contributed by atoms with E-state index in [-0.39, 0.29) is 18.5 Å². The molecule has 71 heavy (non-hydrogen) atoms. The van der Waals surface area contributed by atoms with Crippen LogP contribution in [0.4, 0.5) is 0 Å². The summed E-state index contributed by atoms with van der Waals surface area (Å²) in [7, 11) is 0. The highest BCUT2D eigenvalue weighted by Gasteiger charge is 2.18. The summed E-state index contributed by atoms with van der Waals surface area (Å²) >= 11 is 0. The molecule has 2 atom stereocenters.